The van der Waals surface area contributed by atoms with E-state index in [0.717, 1.165) is 0 Å². The molecule has 124 valence electrons. The Morgan fingerprint density at radius 3 is 2.57 bits per heavy atom. The topological polar surface area (TPSA) is 76.1 Å². The number of hydrogen-bond donors (Lipinski definition) is 1. The molecule has 2 aromatic heterocycles. The highest BCUT2D eigenvalue weighted by atomic mass is 32.2. The van der Waals surface area contributed by atoms with Crippen LogP contribution >= 0.6 is 11.3 Å². The van der Waals surface area contributed by atoms with Gasteiger partial charge in [0.15, 0.2) is 9.84 Å². The van der Waals surface area contributed by atoms with Crippen LogP contribution in [0.4, 0.5) is 0 Å². The maximum Gasteiger partial charge on any atom is 0.225 e. The Morgan fingerprint density at radius 1 is 1.30 bits per heavy atom. The van der Waals surface area contributed by atoms with Gasteiger partial charge in [-0.25, -0.2) is 8.42 Å². The second-order valence-electron chi connectivity index (χ2n) is 6.21. The molecule has 0 saturated heterocycles. The first-order valence-electron chi connectivity index (χ1n) is 7.18. The maximum absolute atomic E-state index is 12.9. The Balaban J connectivity index is 2.33. The first-order chi connectivity index (χ1) is 10.7. The fourth-order valence-electron chi connectivity index (χ4n) is 1.99. The Morgan fingerprint density at radius 2 is 2.04 bits per heavy atom. The number of amides is 1. The second kappa shape index (κ2) is 6.80. The van der Waals surface area contributed by atoms with E-state index in [4.69, 9.17) is 0 Å². The van der Waals surface area contributed by atoms with Crippen LogP contribution in [-0.4, -0.2) is 25.9 Å². The molecule has 0 unspecified atom stereocenters. The number of carbonyl (C=O) groups is 1. The van der Waals surface area contributed by atoms with Crippen molar-refractivity contribution in [1.29, 1.82) is 0 Å². The van der Waals surface area contributed by atoms with Crippen LogP contribution in [0.2, 0.25) is 0 Å². The number of rotatable bonds is 5. The summed E-state index contributed by atoms with van der Waals surface area (Å²) in [5.74, 6) is -0.187. The van der Waals surface area contributed by atoms with E-state index in [9.17, 15) is 13.2 Å². The van der Waals surface area contributed by atoms with Crippen molar-refractivity contribution < 1.29 is 13.2 Å². The van der Waals surface area contributed by atoms with E-state index < -0.39 is 20.5 Å². The highest BCUT2D eigenvalue weighted by molar-refractivity contribution is 7.93. The molecule has 1 N–H and O–H groups in total. The van der Waals surface area contributed by atoms with E-state index in [1.54, 1.807) is 56.6 Å². The highest BCUT2D eigenvalue weighted by Crippen LogP contribution is 2.31. The lowest BCUT2D eigenvalue weighted by Crippen LogP contribution is -2.38. The molecule has 7 heteroatoms. The summed E-state index contributed by atoms with van der Waals surface area (Å²) in [6.45, 7) is 5.38. The third-order valence-corrected chi connectivity index (χ3v) is 6.87. The minimum Gasteiger partial charge on any atom is -0.354 e. The van der Waals surface area contributed by atoms with Crippen LogP contribution < -0.4 is 5.32 Å². The van der Waals surface area contributed by atoms with Crippen molar-refractivity contribution in [3.63, 3.8) is 0 Å². The Bertz CT molecular complexity index is 748. The molecule has 2 aromatic rings. The summed E-state index contributed by atoms with van der Waals surface area (Å²) in [6.07, 6.45) is 3.12. The van der Waals surface area contributed by atoms with Gasteiger partial charge >= 0.3 is 0 Å². The van der Waals surface area contributed by atoms with Gasteiger partial charge in [-0.1, -0.05) is 32.9 Å². The molecule has 0 bridgehead atoms. The number of nitrogens with zero attached hydrogens (tertiary/aromatic N) is 1. The molecule has 0 saturated carbocycles. The number of sulfone groups is 1. The molecular weight excluding hydrogens is 332 g/mol. The number of thiophene rings is 1. The smallest absolute Gasteiger partial charge is 0.225 e. The lowest BCUT2D eigenvalue weighted by atomic mass is 9.95. The van der Waals surface area contributed by atoms with Crippen LogP contribution in [0, 0.1) is 5.41 Å². The molecule has 0 aliphatic heterocycles. The minimum absolute atomic E-state index is 0.0159. The van der Waals surface area contributed by atoms with Crippen LogP contribution in [0.1, 0.15) is 31.6 Å². The van der Waals surface area contributed by atoms with Crippen LogP contribution in [0.15, 0.2) is 46.2 Å². The van der Waals surface area contributed by atoms with Crippen molar-refractivity contribution in [3.05, 3.63) is 47.6 Å². The third kappa shape index (κ3) is 4.17. The largest absolute Gasteiger partial charge is 0.354 e. The van der Waals surface area contributed by atoms with Crippen molar-refractivity contribution in [2.75, 3.05) is 6.54 Å². The summed E-state index contributed by atoms with van der Waals surface area (Å²) >= 11 is 1.17. The molecule has 0 radical (unpaired) electrons. The molecule has 2 heterocycles. The molecule has 2 rings (SSSR count). The monoisotopic (exact) mass is 352 g/mol. The van der Waals surface area contributed by atoms with E-state index in [0.29, 0.717) is 5.56 Å². The molecule has 0 spiro atoms. The van der Waals surface area contributed by atoms with Gasteiger partial charge in [-0.2, -0.15) is 0 Å². The van der Waals surface area contributed by atoms with Crippen LogP contribution in [-0.2, 0) is 14.6 Å². The van der Waals surface area contributed by atoms with Gasteiger partial charge < -0.3 is 5.32 Å². The number of carbonyl (C=O) groups excluding carboxylic acids is 1. The van der Waals surface area contributed by atoms with Gasteiger partial charge in [0.2, 0.25) is 5.91 Å². The quantitative estimate of drug-likeness (QED) is 0.898. The summed E-state index contributed by atoms with van der Waals surface area (Å²) < 4.78 is 26.1. The molecule has 0 aliphatic rings. The number of nitrogens with one attached hydrogen (secondary N) is 1. The standard InChI is InChI=1S/C16H20N2O3S2/c1-16(2,3)15(19)18-11-13(12-6-4-8-17-10-12)23(20,21)14-7-5-9-22-14/h4-10,13H,11H2,1-3H3,(H,18,19)/t13-/m1/s1. The predicted octanol–water partition coefficient (Wildman–Crippen LogP) is 2.82. The van der Waals surface area contributed by atoms with E-state index in [1.165, 1.54) is 17.5 Å². The van der Waals surface area contributed by atoms with Crippen molar-refractivity contribution >= 4 is 27.1 Å². The first kappa shape index (κ1) is 17.6. The van der Waals surface area contributed by atoms with Gasteiger partial charge in [0.25, 0.3) is 0 Å². The van der Waals surface area contributed by atoms with E-state index in [2.05, 4.69) is 10.3 Å². The number of pyridine rings is 1. The van der Waals surface area contributed by atoms with Gasteiger partial charge in [-0.05, 0) is 23.1 Å². The van der Waals surface area contributed by atoms with Gasteiger partial charge in [0, 0.05) is 24.4 Å². The fourth-order valence-corrected chi connectivity index (χ4v) is 4.84. The van der Waals surface area contributed by atoms with Crippen molar-refractivity contribution in [2.24, 2.45) is 5.41 Å². The maximum atomic E-state index is 12.9. The normalized spacial score (nSPS) is 13.5. The van der Waals surface area contributed by atoms with E-state index in [-0.39, 0.29) is 16.7 Å². The molecule has 0 fully saturated rings. The van der Waals surface area contributed by atoms with Gasteiger partial charge in [-0.3, -0.25) is 9.78 Å². The SMILES string of the molecule is CC(C)(C)C(=O)NC[C@H](c1cccnc1)S(=O)(=O)c1cccs1. The van der Waals surface area contributed by atoms with Crippen LogP contribution in [0.3, 0.4) is 0 Å². The van der Waals surface area contributed by atoms with Gasteiger partial charge in [0.05, 0.1) is 0 Å². The minimum atomic E-state index is -3.59. The summed E-state index contributed by atoms with van der Waals surface area (Å²) in [6, 6.07) is 6.68. The summed E-state index contributed by atoms with van der Waals surface area (Å²) in [5.41, 5.74) is -0.0123. The highest BCUT2D eigenvalue weighted by Gasteiger charge is 2.32. The zero-order valence-electron chi connectivity index (χ0n) is 13.3. The zero-order chi connectivity index (χ0) is 17.1. The van der Waals surface area contributed by atoms with E-state index in [1.807, 2.05) is 0 Å². The first-order valence-corrected chi connectivity index (χ1v) is 9.61. The third-order valence-electron chi connectivity index (χ3n) is 3.34. The number of aromatic nitrogens is 1. The average Bonchev–Trinajstić information content (AvgIpc) is 3.02. The Labute approximate surface area is 140 Å². The number of hydrogen-bond acceptors (Lipinski definition) is 5. The summed E-state index contributed by atoms with van der Waals surface area (Å²) in [4.78, 5) is 16.1. The molecular formula is C16H20N2O3S2. The summed E-state index contributed by atoms with van der Waals surface area (Å²) in [7, 11) is -3.59. The van der Waals surface area contributed by atoms with Crippen LogP contribution in [0.25, 0.3) is 0 Å². The molecule has 0 aromatic carbocycles. The summed E-state index contributed by atoms with van der Waals surface area (Å²) in [5, 5.41) is 3.61. The van der Waals surface area contributed by atoms with Crippen LogP contribution in [0.5, 0.6) is 0 Å². The van der Waals surface area contributed by atoms with Crippen molar-refractivity contribution in [3.8, 4) is 0 Å². The van der Waals surface area contributed by atoms with Gasteiger partial charge in [-0.15, -0.1) is 11.3 Å². The fraction of sp³-hybridized carbons (Fsp3) is 0.375. The Kier molecular flexibility index (Phi) is 5.21. The molecule has 1 atom stereocenters. The zero-order valence-corrected chi connectivity index (χ0v) is 14.9. The average molecular weight is 352 g/mol. The lowest BCUT2D eigenvalue weighted by molar-refractivity contribution is -0.128. The predicted molar refractivity (Wildman–Crippen MR) is 90.9 cm³/mol. The second-order valence-corrected chi connectivity index (χ2v) is 9.52. The lowest BCUT2D eigenvalue weighted by Gasteiger charge is -2.22. The van der Waals surface area contributed by atoms with E-state index >= 15 is 0 Å². The van der Waals surface area contributed by atoms with Crippen molar-refractivity contribution in [1.82, 2.24) is 10.3 Å². The molecule has 1 amide bonds. The van der Waals surface area contributed by atoms with Crippen molar-refractivity contribution in [2.45, 2.75) is 30.2 Å². The van der Waals surface area contributed by atoms with Gasteiger partial charge in [0.1, 0.15) is 9.46 Å². The molecule has 0 aliphatic carbocycles. The Hall–Kier alpha value is -1.73. The molecule has 23 heavy (non-hydrogen) atoms. The molecule has 5 nitrogen and oxygen atoms in total.